The first-order chi connectivity index (χ1) is 18.4. The van der Waals surface area contributed by atoms with Crippen molar-refractivity contribution in [3.8, 4) is 0 Å². The fraction of sp³-hybridized carbons (Fsp3) is 0.241. The Balaban J connectivity index is 1.43. The Morgan fingerprint density at radius 3 is 2.50 bits per heavy atom. The zero-order valence-corrected chi connectivity index (χ0v) is 21.5. The molecule has 0 bridgehead atoms. The van der Waals surface area contributed by atoms with Crippen molar-refractivity contribution in [2.75, 3.05) is 12.9 Å². The highest BCUT2D eigenvalue weighted by atomic mass is 32.2. The largest absolute Gasteiger partial charge is 0.452 e. The lowest BCUT2D eigenvalue weighted by molar-refractivity contribution is -0.137. The number of carbonyl (C=O) groups excluding carboxylic acids is 2. The summed E-state index contributed by atoms with van der Waals surface area (Å²) in [6, 6.07) is 15.0. The molecule has 2 aliphatic rings. The number of esters is 1. The predicted octanol–water partition coefficient (Wildman–Crippen LogP) is 6.06. The number of amides is 1. The number of pyridine rings is 1. The predicted molar refractivity (Wildman–Crippen MR) is 141 cm³/mol. The molecule has 0 spiro atoms. The molecule has 5 rings (SSSR count). The maximum absolute atomic E-state index is 13.7. The lowest BCUT2D eigenvalue weighted by Gasteiger charge is -2.29. The van der Waals surface area contributed by atoms with Gasteiger partial charge in [0, 0.05) is 12.1 Å². The smallest absolute Gasteiger partial charge is 0.341 e. The highest BCUT2D eigenvalue weighted by Gasteiger charge is 2.43. The summed E-state index contributed by atoms with van der Waals surface area (Å²) in [5.41, 5.74) is 3.60. The van der Waals surface area contributed by atoms with Crippen molar-refractivity contribution in [2.24, 2.45) is 11.0 Å². The number of ether oxygens (including phenoxy) is 1. The molecule has 3 aromatic rings. The van der Waals surface area contributed by atoms with Gasteiger partial charge in [0.2, 0.25) is 0 Å². The maximum atomic E-state index is 13.7. The number of nitrogens with zero attached hydrogens (tertiary/aromatic N) is 3. The number of hydrogen-bond acceptors (Lipinski definition) is 6. The molecular weight excluding hydrogens is 508 g/mol. The third-order valence-electron chi connectivity index (χ3n) is 6.69. The molecule has 194 valence electrons. The molecule has 2 unspecified atom stereocenters. The summed E-state index contributed by atoms with van der Waals surface area (Å²) in [6.07, 6.45) is 7.78. The van der Waals surface area contributed by atoms with E-state index in [1.165, 1.54) is 41.0 Å². The molecule has 1 aromatic heterocycles. The van der Waals surface area contributed by atoms with Crippen LogP contribution in [0.25, 0.3) is 6.08 Å². The molecule has 1 aliphatic heterocycles. The summed E-state index contributed by atoms with van der Waals surface area (Å²) in [6.45, 7) is -0.500. The maximum Gasteiger partial charge on any atom is 0.341 e. The van der Waals surface area contributed by atoms with E-state index in [0.29, 0.717) is 5.03 Å². The van der Waals surface area contributed by atoms with Crippen molar-refractivity contribution in [3.05, 3.63) is 101 Å². The quantitative estimate of drug-likeness (QED) is 0.285. The molecular formula is C29H25F2N3O3S. The molecule has 1 fully saturated rings. The number of aromatic nitrogens is 1. The first-order valence-electron chi connectivity index (χ1n) is 12.2. The summed E-state index contributed by atoms with van der Waals surface area (Å²) in [4.78, 5) is 30.3. The van der Waals surface area contributed by atoms with E-state index < -0.39 is 24.5 Å². The number of carbonyl (C=O) groups is 2. The van der Waals surface area contributed by atoms with Gasteiger partial charge in [0.15, 0.2) is 6.61 Å². The highest BCUT2D eigenvalue weighted by Crippen LogP contribution is 2.44. The molecule has 38 heavy (non-hydrogen) atoms. The number of hydrazone groups is 1. The van der Waals surface area contributed by atoms with Gasteiger partial charge >= 0.3 is 5.97 Å². The van der Waals surface area contributed by atoms with E-state index in [9.17, 15) is 18.4 Å². The zero-order valence-electron chi connectivity index (χ0n) is 20.6. The molecule has 1 saturated carbocycles. The number of allylic oxidation sites excluding steroid dienone is 1. The van der Waals surface area contributed by atoms with Gasteiger partial charge in [0.1, 0.15) is 16.7 Å². The van der Waals surface area contributed by atoms with Gasteiger partial charge in [-0.25, -0.2) is 23.6 Å². The molecule has 2 heterocycles. The van der Waals surface area contributed by atoms with Crippen molar-refractivity contribution in [1.29, 1.82) is 0 Å². The van der Waals surface area contributed by atoms with Crippen LogP contribution in [0.15, 0.2) is 82.6 Å². The minimum absolute atomic E-state index is 0.109. The summed E-state index contributed by atoms with van der Waals surface area (Å²) in [7, 11) is 0. The topological polar surface area (TPSA) is 71.9 Å². The number of hydrogen-bond donors (Lipinski definition) is 0. The Hall–Kier alpha value is -3.85. The number of thioether (sulfide) groups is 1. The Morgan fingerprint density at radius 2 is 1.79 bits per heavy atom. The number of halogens is 2. The second-order valence-corrected chi connectivity index (χ2v) is 9.87. The van der Waals surface area contributed by atoms with E-state index in [-0.39, 0.29) is 23.1 Å². The van der Waals surface area contributed by atoms with Crippen molar-refractivity contribution in [3.63, 3.8) is 0 Å². The van der Waals surface area contributed by atoms with Crippen LogP contribution in [0.3, 0.4) is 0 Å². The Labute approximate surface area is 223 Å². The lowest BCUT2D eigenvalue weighted by Crippen LogP contribution is -2.34. The monoisotopic (exact) mass is 533 g/mol. The molecule has 0 radical (unpaired) electrons. The molecule has 6 nitrogen and oxygen atoms in total. The van der Waals surface area contributed by atoms with E-state index in [4.69, 9.17) is 9.84 Å². The van der Waals surface area contributed by atoms with Gasteiger partial charge in [-0.1, -0.05) is 24.3 Å². The van der Waals surface area contributed by atoms with Gasteiger partial charge in [-0.15, -0.1) is 11.8 Å². The Morgan fingerprint density at radius 1 is 1.08 bits per heavy atom. The molecule has 2 aromatic carbocycles. The second-order valence-electron chi connectivity index (χ2n) is 9.08. The fourth-order valence-corrected chi connectivity index (χ4v) is 5.48. The molecule has 9 heteroatoms. The average Bonchev–Trinajstić information content (AvgIpc) is 3.34. The van der Waals surface area contributed by atoms with Crippen molar-refractivity contribution >= 4 is 35.4 Å². The molecule has 0 N–H and O–H groups in total. The average molecular weight is 534 g/mol. The van der Waals surface area contributed by atoms with Gasteiger partial charge < -0.3 is 4.74 Å². The van der Waals surface area contributed by atoms with Crippen LogP contribution in [0, 0.1) is 17.6 Å². The second kappa shape index (κ2) is 11.3. The summed E-state index contributed by atoms with van der Waals surface area (Å²) >= 11 is 1.31. The minimum atomic E-state index is -0.643. The Bertz CT molecular complexity index is 1410. The SMILES string of the molecule is CSc1ncccc1C(=O)OCC(=O)N1N=C2C(=Cc3ccc(F)cc3)CCCC2C1c1ccc(F)cc1. The van der Waals surface area contributed by atoms with Gasteiger partial charge in [0.25, 0.3) is 5.91 Å². The van der Waals surface area contributed by atoms with E-state index in [1.54, 1.807) is 48.9 Å². The normalized spacial score (nSPS) is 19.7. The Kier molecular flexibility index (Phi) is 7.64. The zero-order chi connectivity index (χ0) is 26.6. The first-order valence-corrected chi connectivity index (χ1v) is 13.5. The van der Waals surface area contributed by atoms with Crippen molar-refractivity contribution in [1.82, 2.24) is 9.99 Å². The number of fused-ring (bicyclic) bond motifs is 1. The van der Waals surface area contributed by atoms with Crippen LogP contribution >= 0.6 is 11.8 Å². The molecule has 0 saturated heterocycles. The highest BCUT2D eigenvalue weighted by molar-refractivity contribution is 7.98. The molecule has 2 atom stereocenters. The van der Waals surface area contributed by atoms with Gasteiger partial charge in [-0.05, 0) is 84.7 Å². The minimum Gasteiger partial charge on any atom is -0.452 e. The van der Waals surface area contributed by atoms with Crippen LogP contribution in [0.1, 0.15) is 46.8 Å². The van der Waals surface area contributed by atoms with Crippen LogP contribution < -0.4 is 0 Å². The summed E-state index contributed by atoms with van der Waals surface area (Å²) < 4.78 is 32.5. The van der Waals surface area contributed by atoms with Gasteiger partial charge in [-0.2, -0.15) is 5.10 Å². The summed E-state index contributed by atoms with van der Waals surface area (Å²) in [5, 5.41) is 6.60. The summed E-state index contributed by atoms with van der Waals surface area (Å²) in [5.74, 6) is -1.92. The third kappa shape index (κ3) is 5.38. The number of rotatable bonds is 6. The van der Waals surface area contributed by atoms with Crippen LogP contribution in [-0.2, 0) is 9.53 Å². The van der Waals surface area contributed by atoms with E-state index in [2.05, 4.69) is 4.98 Å². The first kappa shape index (κ1) is 25.8. The number of benzene rings is 2. The van der Waals surface area contributed by atoms with Crippen LogP contribution in [0.2, 0.25) is 0 Å². The van der Waals surface area contributed by atoms with Gasteiger partial charge in [0.05, 0.1) is 17.3 Å². The van der Waals surface area contributed by atoms with Crippen LogP contribution in [0.5, 0.6) is 0 Å². The van der Waals surface area contributed by atoms with Crippen LogP contribution in [0.4, 0.5) is 8.78 Å². The van der Waals surface area contributed by atoms with E-state index >= 15 is 0 Å². The van der Waals surface area contributed by atoms with Crippen LogP contribution in [-0.4, -0.2) is 40.4 Å². The van der Waals surface area contributed by atoms with Crippen molar-refractivity contribution < 1.29 is 23.1 Å². The molecule has 1 amide bonds. The fourth-order valence-electron chi connectivity index (χ4n) is 4.94. The van der Waals surface area contributed by atoms with Gasteiger partial charge in [-0.3, -0.25) is 4.79 Å². The lowest BCUT2D eigenvalue weighted by atomic mass is 9.77. The van der Waals surface area contributed by atoms with E-state index in [0.717, 1.165) is 41.7 Å². The van der Waals surface area contributed by atoms with Crippen molar-refractivity contribution in [2.45, 2.75) is 30.3 Å². The standard InChI is InChI=1S/C29H25F2N3O3S/c1-38-28-24(6-3-15-32-28)29(36)37-17-25(35)34-27(19-9-13-22(31)14-10-19)23-5-2-4-20(26(23)33-34)16-18-7-11-21(30)12-8-18/h3,6-16,23,27H,2,4-5,17H2,1H3. The molecule has 1 aliphatic carbocycles. The van der Waals surface area contributed by atoms with E-state index in [1.807, 2.05) is 6.08 Å². The third-order valence-corrected chi connectivity index (χ3v) is 7.40.